The largest absolute Gasteiger partial charge is 0.497 e. The smallest absolute Gasteiger partial charge is 0.266 e. The third-order valence-corrected chi connectivity index (χ3v) is 4.36. The first-order chi connectivity index (χ1) is 14.1. The summed E-state index contributed by atoms with van der Waals surface area (Å²) < 4.78 is 11.8. The molecule has 0 bridgehead atoms. The molecule has 0 aliphatic carbocycles. The molecule has 150 valence electrons. The van der Waals surface area contributed by atoms with Gasteiger partial charge in [0.15, 0.2) is 0 Å². The first-order valence-corrected chi connectivity index (χ1v) is 9.25. The highest BCUT2D eigenvalue weighted by atomic mass is 16.5. The number of ether oxygens (including phenoxy) is 2. The molecule has 7 nitrogen and oxygen atoms in total. The Balaban J connectivity index is 1.61. The van der Waals surface area contributed by atoms with E-state index >= 15 is 0 Å². The van der Waals surface area contributed by atoms with Gasteiger partial charge in [0.05, 0.1) is 19.9 Å². The molecule has 0 saturated heterocycles. The maximum atomic E-state index is 12.2. The van der Waals surface area contributed by atoms with Crippen molar-refractivity contribution in [3.63, 3.8) is 0 Å². The molecule has 1 amide bonds. The van der Waals surface area contributed by atoms with E-state index in [-0.39, 0.29) is 17.9 Å². The zero-order chi connectivity index (χ0) is 20.6. The molecule has 0 saturated carbocycles. The van der Waals surface area contributed by atoms with Crippen LogP contribution in [0.2, 0.25) is 0 Å². The van der Waals surface area contributed by atoms with Gasteiger partial charge >= 0.3 is 0 Å². The predicted octanol–water partition coefficient (Wildman–Crippen LogP) is 3.35. The number of anilines is 1. The van der Waals surface area contributed by atoms with E-state index in [9.17, 15) is 9.59 Å². The van der Waals surface area contributed by atoms with Gasteiger partial charge in [-0.1, -0.05) is 18.2 Å². The molecule has 0 radical (unpaired) electrons. The number of rotatable bonds is 8. The van der Waals surface area contributed by atoms with Gasteiger partial charge in [-0.25, -0.2) is 4.68 Å². The minimum atomic E-state index is -0.204. The summed E-state index contributed by atoms with van der Waals surface area (Å²) in [5.41, 5.74) is 1.99. The Labute approximate surface area is 168 Å². The van der Waals surface area contributed by atoms with Crippen molar-refractivity contribution in [3.8, 4) is 22.8 Å². The average Bonchev–Trinajstić information content (AvgIpc) is 2.75. The lowest BCUT2D eigenvalue weighted by molar-refractivity contribution is -0.116. The Kier molecular flexibility index (Phi) is 6.63. The van der Waals surface area contributed by atoms with Crippen molar-refractivity contribution >= 4 is 11.6 Å². The molecular weight excluding hydrogens is 370 g/mol. The van der Waals surface area contributed by atoms with Crippen LogP contribution in [0.3, 0.4) is 0 Å². The average molecular weight is 393 g/mol. The molecule has 0 fully saturated rings. The van der Waals surface area contributed by atoms with E-state index in [1.807, 2.05) is 36.4 Å². The Morgan fingerprint density at radius 1 is 1.00 bits per heavy atom. The van der Waals surface area contributed by atoms with Crippen molar-refractivity contribution in [2.75, 3.05) is 19.5 Å². The SMILES string of the molecule is COc1cccc(NC(=O)CCCn2nc(-c3cccc(OC)c3)ccc2=O)c1. The van der Waals surface area contributed by atoms with Gasteiger partial charge in [-0.05, 0) is 36.8 Å². The van der Waals surface area contributed by atoms with Crippen LogP contribution in [-0.4, -0.2) is 29.9 Å². The highest BCUT2D eigenvalue weighted by molar-refractivity contribution is 5.90. The zero-order valence-corrected chi connectivity index (χ0v) is 16.4. The van der Waals surface area contributed by atoms with Crippen molar-refractivity contribution in [1.82, 2.24) is 9.78 Å². The van der Waals surface area contributed by atoms with Gasteiger partial charge in [-0.3, -0.25) is 9.59 Å². The van der Waals surface area contributed by atoms with Crippen LogP contribution in [0, 0.1) is 0 Å². The molecule has 0 aliphatic rings. The second-order valence-corrected chi connectivity index (χ2v) is 6.40. The monoisotopic (exact) mass is 393 g/mol. The lowest BCUT2D eigenvalue weighted by Gasteiger charge is -2.09. The lowest BCUT2D eigenvalue weighted by Crippen LogP contribution is -2.23. The Morgan fingerprint density at radius 3 is 2.48 bits per heavy atom. The molecule has 2 aromatic carbocycles. The maximum Gasteiger partial charge on any atom is 0.266 e. The van der Waals surface area contributed by atoms with Gasteiger partial charge in [-0.15, -0.1) is 0 Å². The Morgan fingerprint density at radius 2 is 1.72 bits per heavy atom. The summed E-state index contributed by atoms with van der Waals surface area (Å²) in [5.74, 6) is 1.26. The van der Waals surface area contributed by atoms with Gasteiger partial charge in [-0.2, -0.15) is 5.10 Å². The number of hydrogen-bond donors (Lipinski definition) is 1. The van der Waals surface area contributed by atoms with Crippen LogP contribution in [0.5, 0.6) is 11.5 Å². The minimum Gasteiger partial charge on any atom is -0.497 e. The van der Waals surface area contributed by atoms with E-state index < -0.39 is 0 Å². The molecule has 7 heteroatoms. The molecule has 1 N–H and O–H groups in total. The quantitative estimate of drug-likeness (QED) is 0.635. The highest BCUT2D eigenvalue weighted by Crippen LogP contribution is 2.21. The van der Waals surface area contributed by atoms with Crippen molar-refractivity contribution in [3.05, 3.63) is 71.0 Å². The van der Waals surface area contributed by atoms with Crippen molar-refractivity contribution in [1.29, 1.82) is 0 Å². The lowest BCUT2D eigenvalue weighted by atomic mass is 10.1. The van der Waals surface area contributed by atoms with E-state index in [1.54, 1.807) is 32.4 Å². The molecule has 0 atom stereocenters. The van der Waals surface area contributed by atoms with Gasteiger partial charge in [0.2, 0.25) is 5.91 Å². The normalized spacial score (nSPS) is 10.4. The molecule has 0 aliphatic heterocycles. The number of amides is 1. The van der Waals surface area contributed by atoms with Crippen molar-refractivity contribution < 1.29 is 14.3 Å². The summed E-state index contributed by atoms with van der Waals surface area (Å²) >= 11 is 0. The predicted molar refractivity (Wildman–Crippen MR) is 111 cm³/mol. The molecule has 3 rings (SSSR count). The molecule has 1 heterocycles. The number of nitrogens with one attached hydrogen (secondary N) is 1. The van der Waals surface area contributed by atoms with Crippen LogP contribution in [0.4, 0.5) is 5.69 Å². The number of hydrogen-bond acceptors (Lipinski definition) is 5. The summed E-state index contributed by atoms with van der Waals surface area (Å²) in [4.78, 5) is 24.3. The fraction of sp³-hybridized carbons (Fsp3) is 0.227. The summed E-state index contributed by atoms with van der Waals surface area (Å²) in [7, 11) is 3.18. The maximum absolute atomic E-state index is 12.2. The Bertz CT molecular complexity index is 1050. The van der Waals surface area contributed by atoms with Crippen LogP contribution < -0.4 is 20.3 Å². The Hall–Kier alpha value is -3.61. The zero-order valence-electron chi connectivity index (χ0n) is 16.4. The third kappa shape index (κ3) is 5.44. The molecular formula is C22H23N3O4. The fourth-order valence-electron chi connectivity index (χ4n) is 2.86. The first-order valence-electron chi connectivity index (χ1n) is 9.25. The van der Waals surface area contributed by atoms with Crippen LogP contribution in [-0.2, 0) is 11.3 Å². The van der Waals surface area contributed by atoms with E-state index in [0.717, 1.165) is 11.3 Å². The van der Waals surface area contributed by atoms with Crippen molar-refractivity contribution in [2.24, 2.45) is 0 Å². The van der Waals surface area contributed by atoms with Crippen LogP contribution in [0.1, 0.15) is 12.8 Å². The molecule has 1 aromatic heterocycles. The van der Waals surface area contributed by atoms with Gasteiger partial charge < -0.3 is 14.8 Å². The third-order valence-electron chi connectivity index (χ3n) is 4.36. The second kappa shape index (κ2) is 9.54. The first kappa shape index (κ1) is 20.1. The standard InChI is InChI=1S/C22H23N3O4/c1-28-18-8-3-6-16(14-18)20-11-12-22(27)25(24-20)13-5-10-21(26)23-17-7-4-9-19(15-17)29-2/h3-4,6-9,11-12,14-15H,5,10,13H2,1-2H3,(H,23,26). The van der Waals surface area contributed by atoms with Crippen LogP contribution in [0.25, 0.3) is 11.3 Å². The number of carbonyl (C=O) groups excluding carboxylic acids is 1. The highest BCUT2D eigenvalue weighted by Gasteiger charge is 2.07. The van der Waals surface area contributed by atoms with Gasteiger partial charge in [0.25, 0.3) is 5.56 Å². The van der Waals surface area contributed by atoms with E-state index in [4.69, 9.17) is 9.47 Å². The van der Waals surface area contributed by atoms with Crippen LogP contribution >= 0.6 is 0 Å². The van der Waals surface area contributed by atoms with Crippen molar-refractivity contribution in [2.45, 2.75) is 19.4 Å². The summed E-state index contributed by atoms with van der Waals surface area (Å²) in [6.07, 6.45) is 0.763. The summed E-state index contributed by atoms with van der Waals surface area (Å²) in [6, 6.07) is 17.8. The topological polar surface area (TPSA) is 82.4 Å². The summed E-state index contributed by atoms with van der Waals surface area (Å²) in [6.45, 7) is 0.349. The van der Waals surface area contributed by atoms with E-state index in [2.05, 4.69) is 10.4 Å². The number of aromatic nitrogens is 2. The molecule has 3 aromatic rings. The number of methoxy groups -OCH3 is 2. The second-order valence-electron chi connectivity index (χ2n) is 6.40. The molecule has 0 unspecified atom stereocenters. The van der Waals surface area contributed by atoms with E-state index in [1.165, 1.54) is 10.7 Å². The minimum absolute atomic E-state index is 0.129. The summed E-state index contributed by atoms with van der Waals surface area (Å²) in [5, 5.41) is 7.25. The fourth-order valence-corrected chi connectivity index (χ4v) is 2.86. The van der Waals surface area contributed by atoms with Crippen LogP contribution in [0.15, 0.2) is 65.5 Å². The number of aryl methyl sites for hydroxylation is 1. The van der Waals surface area contributed by atoms with Gasteiger partial charge in [0.1, 0.15) is 11.5 Å². The van der Waals surface area contributed by atoms with Gasteiger partial charge in [0, 0.05) is 36.3 Å². The number of nitrogens with zero attached hydrogens (tertiary/aromatic N) is 2. The van der Waals surface area contributed by atoms with E-state index in [0.29, 0.717) is 30.1 Å². The molecule has 0 spiro atoms. The molecule has 29 heavy (non-hydrogen) atoms. The number of carbonyl (C=O) groups is 1. The number of benzene rings is 2.